The molecule has 0 N–H and O–H groups in total. The third kappa shape index (κ3) is 5.18. The molecule has 0 saturated carbocycles. The van der Waals surface area contributed by atoms with Gasteiger partial charge in [0.1, 0.15) is 12.4 Å². The van der Waals surface area contributed by atoms with Gasteiger partial charge in [-0.3, -0.25) is 9.36 Å². The zero-order valence-electron chi connectivity index (χ0n) is 20.5. The number of methoxy groups -OCH3 is 1. The Bertz CT molecular complexity index is 1740. The summed E-state index contributed by atoms with van der Waals surface area (Å²) < 4.78 is 13.0. The minimum absolute atomic E-state index is 0.259. The SMILES string of the molecule is COC(=O)C1=C(C)N=c2s/c(=C\c3cccc(OCc4ccccc4Cl)c3)c(=O)n2[C@@H]1c1ccc(Cl)cc1. The van der Waals surface area contributed by atoms with E-state index in [0.29, 0.717) is 43.0 Å². The quantitative estimate of drug-likeness (QED) is 0.298. The van der Waals surface area contributed by atoms with Gasteiger partial charge in [-0.1, -0.05) is 77.0 Å². The molecule has 38 heavy (non-hydrogen) atoms. The monoisotopic (exact) mass is 564 g/mol. The number of benzene rings is 3. The predicted octanol–water partition coefficient (Wildman–Crippen LogP) is 5.29. The van der Waals surface area contributed by atoms with Gasteiger partial charge in [-0.05, 0) is 54.5 Å². The van der Waals surface area contributed by atoms with E-state index in [0.717, 1.165) is 16.7 Å². The van der Waals surface area contributed by atoms with E-state index in [9.17, 15) is 9.59 Å². The number of rotatable bonds is 6. The first-order chi connectivity index (χ1) is 18.4. The zero-order chi connectivity index (χ0) is 26.8. The molecule has 6 nitrogen and oxygen atoms in total. The Balaban J connectivity index is 1.55. The van der Waals surface area contributed by atoms with Crippen LogP contribution in [-0.2, 0) is 16.1 Å². The average Bonchev–Trinajstić information content (AvgIpc) is 3.21. The van der Waals surface area contributed by atoms with Gasteiger partial charge in [-0.2, -0.15) is 0 Å². The molecule has 2 heterocycles. The molecular formula is C29H22Cl2N2O4S. The molecule has 1 aliphatic rings. The maximum atomic E-state index is 13.7. The Hall–Kier alpha value is -3.65. The standard InChI is InChI=1S/C29H22Cl2N2O4S/c1-17-25(28(35)36-2)26(19-10-12-21(30)13-11-19)33-27(34)24(38-29(33)32-17)15-18-6-5-8-22(14-18)37-16-20-7-3-4-9-23(20)31/h3-15,26H,16H2,1-2H3/b24-15-/t26-/m1/s1. The summed E-state index contributed by atoms with van der Waals surface area (Å²) >= 11 is 13.6. The molecule has 5 rings (SSSR count). The lowest BCUT2D eigenvalue weighted by atomic mass is 9.96. The minimum atomic E-state index is -0.691. The highest BCUT2D eigenvalue weighted by Gasteiger charge is 2.33. The third-order valence-corrected chi connectivity index (χ3v) is 7.72. The van der Waals surface area contributed by atoms with E-state index >= 15 is 0 Å². The summed E-state index contributed by atoms with van der Waals surface area (Å²) in [6.07, 6.45) is 1.79. The summed E-state index contributed by atoms with van der Waals surface area (Å²) in [6, 6.07) is 21.3. The number of nitrogens with zero attached hydrogens (tertiary/aromatic N) is 2. The van der Waals surface area contributed by atoms with E-state index in [2.05, 4.69) is 4.99 Å². The number of hydrogen-bond donors (Lipinski definition) is 0. The van der Waals surface area contributed by atoms with E-state index in [-0.39, 0.29) is 5.56 Å². The predicted molar refractivity (Wildman–Crippen MR) is 149 cm³/mol. The fourth-order valence-electron chi connectivity index (χ4n) is 4.28. The molecule has 9 heteroatoms. The molecule has 0 radical (unpaired) electrons. The van der Waals surface area contributed by atoms with Crippen molar-refractivity contribution in [3.05, 3.63) is 130 Å². The molecule has 0 saturated heterocycles. The Kier molecular flexibility index (Phi) is 7.51. The van der Waals surface area contributed by atoms with Crippen LogP contribution in [0, 0.1) is 0 Å². The highest BCUT2D eigenvalue weighted by Crippen LogP contribution is 2.31. The number of carbonyl (C=O) groups is 1. The Labute approximate surface area is 232 Å². The number of allylic oxidation sites excluding steroid dienone is 1. The largest absolute Gasteiger partial charge is 0.489 e. The van der Waals surface area contributed by atoms with Gasteiger partial charge in [0.15, 0.2) is 4.80 Å². The van der Waals surface area contributed by atoms with Gasteiger partial charge < -0.3 is 9.47 Å². The molecule has 4 aromatic rings. The number of ether oxygens (including phenoxy) is 2. The lowest BCUT2D eigenvalue weighted by molar-refractivity contribution is -0.136. The highest BCUT2D eigenvalue weighted by molar-refractivity contribution is 7.07. The van der Waals surface area contributed by atoms with Crippen LogP contribution in [0.2, 0.25) is 10.0 Å². The van der Waals surface area contributed by atoms with Crippen LogP contribution in [0.25, 0.3) is 6.08 Å². The number of thiazole rings is 1. The molecule has 0 bridgehead atoms. The summed E-state index contributed by atoms with van der Waals surface area (Å²) in [5, 5.41) is 1.19. The Morgan fingerprint density at radius 3 is 2.58 bits per heavy atom. The molecule has 0 amide bonds. The third-order valence-electron chi connectivity index (χ3n) is 6.12. The van der Waals surface area contributed by atoms with Gasteiger partial charge in [0.2, 0.25) is 0 Å². The van der Waals surface area contributed by atoms with Crippen molar-refractivity contribution >= 4 is 46.6 Å². The van der Waals surface area contributed by atoms with E-state index in [1.165, 1.54) is 23.0 Å². The summed E-state index contributed by atoms with van der Waals surface area (Å²) in [6.45, 7) is 2.06. The zero-order valence-corrected chi connectivity index (χ0v) is 22.8. The van der Waals surface area contributed by atoms with Crippen molar-refractivity contribution in [2.75, 3.05) is 7.11 Å². The molecule has 192 valence electrons. The molecule has 3 aromatic carbocycles. The second-order valence-corrected chi connectivity index (χ2v) is 10.4. The number of hydrogen-bond acceptors (Lipinski definition) is 6. The minimum Gasteiger partial charge on any atom is -0.489 e. The van der Waals surface area contributed by atoms with Gasteiger partial charge in [0.25, 0.3) is 5.56 Å². The molecule has 0 fully saturated rings. The Morgan fingerprint density at radius 2 is 1.84 bits per heavy atom. The molecule has 1 aromatic heterocycles. The van der Waals surface area contributed by atoms with Crippen molar-refractivity contribution < 1.29 is 14.3 Å². The van der Waals surface area contributed by atoms with Crippen LogP contribution in [0.1, 0.15) is 29.7 Å². The van der Waals surface area contributed by atoms with Crippen LogP contribution >= 0.6 is 34.5 Å². The molecule has 1 aliphatic heterocycles. The first kappa shape index (κ1) is 26.0. The number of halogens is 2. The first-order valence-corrected chi connectivity index (χ1v) is 13.3. The first-order valence-electron chi connectivity index (χ1n) is 11.7. The highest BCUT2D eigenvalue weighted by atomic mass is 35.5. The van der Waals surface area contributed by atoms with Crippen LogP contribution in [0.4, 0.5) is 0 Å². The average molecular weight is 565 g/mol. The smallest absolute Gasteiger partial charge is 0.338 e. The maximum absolute atomic E-state index is 13.7. The van der Waals surface area contributed by atoms with Crippen molar-refractivity contribution in [3.8, 4) is 5.75 Å². The lowest BCUT2D eigenvalue weighted by Gasteiger charge is -2.24. The van der Waals surface area contributed by atoms with Gasteiger partial charge in [0, 0.05) is 15.6 Å². The van der Waals surface area contributed by atoms with Crippen molar-refractivity contribution in [3.63, 3.8) is 0 Å². The number of aromatic nitrogens is 1. The number of carbonyl (C=O) groups excluding carboxylic acids is 1. The second kappa shape index (κ2) is 11.0. The van der Waals surface area contributed by atoms with Crippen molar-refractivity contribution in [2.24, 2.45) is 4.99 Å². The van der Waals surface area contributed by atoms with E-state index < -0.39 is 12.0 Å². The van der Waals surface area contributed by atoms with Gasteiger partial charge >= 0.3 is 5.97 Å². The fourth-order valence-corrected chi connectivity index (χ4v) is 5.64. The van der Waals surface area contributed by atoms with Crippen LogP contribution < -0.4 is 19.6 Å². The van der Waals surface area contributed by atoms with Gasteiger partial charge in [0.05, 0.1) is 29.0 Å². The summed E-state index contributed by atoms with van der Waals surface area (Å²) in [5.41, 5.74) is 2.95. The van der Waals surface area contributed by atoms with E-state index in [1.807, 2.05) is 48.5 Å². The summed E-state index contributed by atoms with van der Waals surface area (Å²) in [7, 11) is 1.31. The van der Waals surface area contributed by atoms with E-state index in [4.69, 9.17) is 32.7 Å². The fraction of sp³-hybridized carbons (Fsp3) is 0.138. The van der Waals surface area contributed by atoms with Gasteiger partial charge in [-0.25, -0.2) is 9.79 Å². The number of fused-ring (bicyclic) bond motifs is 1. The second-order valence-electron chi connectivity index (χ2n) is 8.58. The lowest BCUT2D eigenvalue weighted by Crippen LogP contribution is -2.39. The normalized spacial score (nSPS) is 15.2. The van der Waals surface area contributed by atoms with Crippen molar-refractivity contribution in [1.29, 1.82) is 0 Å². The van der Waals surface area contributed by atoms with Crippen molar-refractivity contribution in [2.45, 2.75) is 19.6 Å². The van der Waals surface area contributed by atoms with E-state index in [1.54, 1.807) is 37.3 Å². The molecule has 1 atom stereocenters. The van der Waals surface area contributed by atoms with Crippen molar-refractivity contribution in [1.82, 2.24) is 4.57 Å². The summed E-state index contributed by atoms with van der Waals surface area (Å²) in [4.78, 5) is 31.5. The van der Waals surface area contributed by atoms with Crippen LogP contribution in [0.3, 0.4) is 0 Å². The van der Waals surface area contributed by atoms with Crippen LogP contribution in [0.5, 0.6) is 5.75 Å². The topological polar surface area (TPSA) is 69.9 Å². The molecule has 0 aliphatic carbocycles. The van der Waals surface area contributed by atoms with Crippen LogP contribution in [-0.4, -0.2) is 17.6 Å². The Morgan fingerprint density at radius 1 is 1.08 bits per heavy atom. The van der Waals surface area contributed by atoms with Gasteiger partial charge in [-0.15, -0.1) is 0 Å². The molecule has 0 spiro atoms. The molecule has 0 unspecified atom stereocenters. The van der Waals surface area contributed by atoms with Crippen LogP contribution in [0.15, 0.2) is 93.9 Å². The number of esters is 1. The molecular weight excluding hydrogens is 543 g/mol. The maximum Gasteiger partial charge on any atom is 0.338 e. The summed E-state index contributed by atoms with van der Waals surface area (Å²) in [5.74, 6) is 0.109.